The smallest absolute Gasteiger partial charge is 0.250 e. The van der Waals surface area contributed by atoms with Crippen LogP contribution >= 0.6 is 15.2 Å². The van der Waals surface area contributed by atoms with E-state index < -0.39 is 135 Å². The Labute approximate surface area is 343 Å². The Hall–Kier alpha value is -5.85. The zero-order valence-electron chi connectivity index (χ0n) is 30.7. The highest BCUT2D eigenvalue weighted by Gasteiger charge is 2.65. The number of hydrogen-bond acceptors (Lipinski definition) is 0. The average Bonchev–Trinajstić information content (AvgIpc) is 3.62. The molecule has 62 heavy (non-hydrogen) atoms. The molecule has 1 heterocycles. The summed E-state index contributed by atoms with van der Waals surface area (Å²) in [6.07, 6.45) is -6.69. The normalized spacial score (nSPS) is 13.6. The minimum absolute atomic E-state index is 0.0139. The lowest BCUT2D eigenvalue weighted by atomic mass is 9.29. The Morgan fingerprint density at radius 1 is 0.339 bits per heavy atom. The van der Waals surface area contributed by atoms with E-state index in [-0.39, 0.29) is 21.2 Å². The van der Waals surface area contributed by atoms with Gasteiger partial charge in [-0.2, -0.15) is 4.39 Å². The minimum atomic E-state index is -6.69. The van der Waals surface area contributed by atoms with Crippen molar-refractivity contribution in [1.82, 2.24) is 0 Å². The van der Waals surface area contributed by atoms with E-state index in [9.17, 15) is 8.78 Å². The Morgan fingerprint density at radius 3 is 0.984 bits per heavy atom. The van der Waals surface area contributed by atoms with Gasteiger partial charge in [-0.1, -0.05) is 108 Å². The quantitative estimate of drug-likeness (QED) is 0.0469. The van der Waals surface area contributed by atoms with Crippen LogP contribution in [0.2, 0.25) is 0 Å². The highest BCUT2D eigenvalue weighted by molar-refractivity contribution is 8.09. The van der Waals surface area contributed by atoms with E-state index in [1.54, 1.807) is 0 Å². The van der Waals surface area contributed by atoms with E-state index in [0.717, 1.165) is 0 Å². The van der Waals surface area contributed by atoms with Gasteiger partial charge in [0.1, 0.15) is 41.1 Å². The summed E-state index contributed by atoms with van der Waals surface area (Å²) in [4.78, 5) is 0. The molecule has 7 aromatic rings. The van der Waals surface area contributed by atoms with Gasteiger partial charge in [-0.15, -0.1) is 5.47 Å². The van der Waals surface area contributed by atoms with Crippen LogP contribution in [-0.2, 0) is 0 Å². The van der Waals surface area contributed by atoms with Gasteiger partial charge in [-0.05, 0) is 34.9 Å². The largest absolute Gasteiger partial charge is 0.498 e. The fourth-order valence-electron chi connectivity index (χ4n) is 8.10. The maximum Gasteiger partial charge on any atom is 0.250 e. The van der Waals surface area contributed by atoms with Gasteiger partial charge < -0.3 is 4.32 Å². The topological polar surface area (TPSA) is 0 Å². The molecular weight excluding hydrogens is 886 g/mol. The molecule has 0 aliphatic carbocycles. The van der Waals surface area contributed by atoms with Crippen LogP contribution in [0.1, 0.15) is 5.56 Å². The fourth-order valence-corrected chi connectivity index (χ4v) is 17.6. The highest BCUT2D eigenvalue weighted by atomic mass is 31.2. The summed E-state index contributed by atoms with van der Waals surface area (Å²) in [5.74, 6) is -41.1. The monoisotopic (exact) mass is 906 g/mol. The van der Waals surface area contributed by atoms with Crippen molar-refractivity contribution in [3.05, 3.63) is 213 Å². The first-order valence-electron chi connectivity index (χ1n) is 17.9. The molecule has 0 saturated heterocycles. The highest BCUT2D eigenvalue weighted by Crippen LogP contribution is 2.78. The molecule has 0 radical (unpaired) electrons. The molecule has 0 aromatic heterocycles. The average molecular weight is 906 g/mol. The molecule has 1 aliphatic heterocycles. The molecule has 0 nitrogen and oxygen atoms in total. The van der Waals surface area contributed by atoms with Crippen LogP contribution in [-0.4, -0.2) is 6.42 Å². The summed E-state index contributed by atoms with van der Waals surface area (Å²) >= 11 is 0. The van der Waals surface area contributed by atoms with E-state index >= 15 is 57.0 Å². The van der Waals surface area contributed by atoms with Crippen LogP contribution in [0.3, 0.4) is 0 Å². The van der Waals surface area contributed by atoms with Crippen molar-refractivity contribution >= 4 is 64.5 Å². The molecule has 0 amide bonds. The van der Waals surface area contributed by atoms with E-state index in [1.165, 1.54) is 121 Å². The molecule has 0 atom stereocenters. The summed E-state index contributed by atoms with van der Waals surface area (Å²) in [5.41, 5.74) is -9.64. The van der Waals surface area contributed by atoms with Crippen LogP contribution < -0.4 is 37.4 Å². The van der Waals surface area contributed by atoms with Crippen LogP contribution in [0.4, 0.5) is 65.8 Å². The van der Waals surface area contributed by atoms with Crippen molar-refractivity contribution in [2.45, 2.75) is 0 Å². The van der Waals surface area contributed by atoms with Crippen LogP contribution in [0.15, 0.2) is 126 Å². The van der Waals surface area contributed by atoms with Crippen molar-refractivity contribution in [1.29, 1.82) is 0 Å². The predicted molar refractivity (Wildman–Crippen MR) is 210 cm³/mol. The van der Waals surface area contributed by atoms with Crippen molar-refractivity contribution in [2.75, 3.05) is 0 Å². The van der Waals surface area contributed by atoms with Gasteiger partial charge in [0.2, 0.25) is 11.6 Å². The molecule has 0 saturated carbocycles. The molecule has 18 heteroatoms. The maximum absolute atomic E-state index is 19.9. The summed E-state index contributed by atoms with van der Waals surface area (Å²) < 4.78 is 244. The molecule has 1 aliphatic rings. The Balaban J connectivity index is 1.82. The predicted octanol–water partition coefficient (Wildman–Crippen LogP) is 10.0. The van der Waals surface area contributed by atoms with Gasteiger partial charge in [0.15, 0.2) is 51.8 Å². The molecule has 0 unspecified atom stereocenters. The standard InChI is InChI=1S/C44H20BF15P2/c46-29-25-26(45(60,27-30(47)35(52)39(56)36(53)31(27)48)28-32(49)37(54)40(57)38(55)33(28)50)44(61(21-13-5-1-6-14-21)22-15-7-2-8-16-22)62(23-17-9-3-10-18-23,24-19-11-4-12-20-24)43(25)42(59)41(58)34(29)51/h1-20H. The first kappa shape index (κ1) is 42.8. The lowest BCUT2D eigenvalue weighted by Gasteiger charge is -2.39. The van der Waals surface area contributed by atoms with Gasteiger partial charge in [-0.3, -0.25) is 0 Å². The molecule has 0 fully saturated rings. The van der Waals surface area contributed by atoms with Crippen molar-refractivity contribution in [3.8, 4) is 0 Å². The number of benzene rings is 7. The van der Waals surface area contributed by atoms with Gasteiger partial charge in [-0.25, -0.2) is 57.1 Å². The number of halogens is 15. The van der Waals surface area contributed by atoms with E-state index in [4.69, 9.17) is 0 Å². The molecule has 0 N–H and O–H groups in total. The van der Waals surface area contributed by atoms with E-state index in [0.29, 0.717) is 0 Å². The summed E-state index contributed by atoms with van der Waals surface area (Å²) in [5, 5.41) is -2.62. The molecule has 0 bridgehead atoms. The summed E-state index contributed by atoms with van der Waals surface area (Å²) in [7, 11) is -7.85. The lowest BCUT2D eigenvalue weighted by molar-refractivity contribution is 0.380. The first-order chi connectivity index (χ1) is 29.5. The third-order valence-corrected chi connectivity index (χ3v) is 18.5. The van der Waals surface area contributed by atoms with Crippen LogP contribution in [0, 0.1) is 81.4 Å². The summed E-state index contributed by atoms with van der Waals surface area (Å²) in [6, 6.07) is 26.8. The van der Waals surface area contributed by atoms with Crippen LogP contribution in [0.5, 0.6) is 0 Å². The van der Waals surface area contributed by atoms with Gasteiger partial charge in [0.05, 0.1) is 5.06 Å². The van der Waals surface area contributed by atoms with Gasteiger partial charge in [0, 0.05) is 13.5 Å². The second kappa shape index (κ2) is 15.8. The van der Waals surface area contributed by atoms with E-state index in [1.807, 2.05) is 0 Å². The third kappa shape index (κ3) is 5.97. The zero-order valence-corrected chi connectivity index (χ0v) is 32.5. The molecule has 0 spiro atoms. The SMILES string of the molecule is Fc1c(F)c(F)c([B-](F)(C2=C(P(c3ccccc3)c3ccccc3)[P+](c3ccccc3)(c3ccccc3)c3c(F)c(F)c(F)c(F)c32)c2c(F)c(F)c(F)c(F)c2F)c(F)c1F. The van der Waals surface area contributed by atoms with Gasteiger partial charge in [0.25, 0.3) is 6.42 Å². The van der Waals surface area contributed by atoms with Crippen molar-refractivity contribution < 1.29 is 65.8 Å². The second-order valence-corrected chi connectivity index (χ2v) is 19.6. The molecule has 7 aromatic carbocycles. The van der Waals surface area contributed by atoms with Crippen molar-refractivity contribution in [3.63, 3.8) is 0 Å². The molecule has 314 valence electrons. The lowest BCUT2D eigenvalue weighted by Crippen LogP contribution is -2.62. The molecular formula is C44H20BF15P2. The Morgan fingerprint density at radius 2 is 0.629 bits per heavy atom. The van der Waals surface area contributed by atoms with Gasteiger partial charge >= 0.3 is 0 Å². The van der Waals surface area contributed by atoms with Crippen LogP contribution in [0.25, 0.3) is 5.47 Å². The molecule has 8 rings (SSSR count). The third-order valence-electron chi connectivity index (χ3n) is 10.6. The Kier molecular flexibility index (Phi) is 10.9. The minimum Gasteiger partial charge on any atom is -0.498 e. The second-order valence-electron chi connectivity index (χ2n) is 13.8. The Bertz CT molecular complexity index is 2760. The maximum atomic E-state index is 19.9. The fraction of sp³-hybridized carbons (Fsp3) is 0. The summed E-state index contributed by atoms with van der Waals surface area (Å²) in [6.45, 7) is 0. The number of hydrogen-bond donors (Lipinski definition) is 0. The first-order valence-corrected chi connectivity index (χ1v) is 21.1. The number of fused-ring (bicyclic) bond motifs is 1. The number of rotatable bonds is 8. The van der Waals surface area contributed by atoms with Crippen molar-refractivity contribution in [2.24, 2.45) is 0 Å². The van der Waals surface area contributed by atoms with E-state index in [2.05, 4.69) is 0 Å². The zero-order chi connectivity index (χ0) is 44.6.